The van der Waals surface area contributed by atoms with E-state index in [1.165, 1.54) is 48.5 Å². The molecule has 0 saturated heterocycles. The van der Waals surface area contributed by atoms with Crippen LogP contribution >= 0.6 is 0 Å². The lowest BCUT2D eigenvalue weighted by molar-refractivity contribution is -0.141. The van der Waals surface area contributed by atoms with E-state index in [0.717, 1.165) is 16.3 Å². The maximum atomic E-state index is 13.8. The highest BCUT2D eigenvalue weighted by atomic mass is 16.4. The Bertz CT molecular complexity index is 2720. The van der Waals surface area contributed by atoms with Gasteiger partial charge >= 0.3 is 23.9 Å². The summed E-state index contributed by atoms with van der Waals surface area (Å²) in [4.78, 5) is 174. The van der Waals surface area contributed by atoms with Crippen LogP contribution in [-0.4, -0.2) is 172 Å². The van der Waals surface area contributed by atoms with E-state index in [4.69, 9.17) is 5.11 Å². The number of nitrogens with one attached hydrogen (secondary N) is 12. The number of carboxylic acid groups (broad SMARTS) is 3. The van der Waals surface area contributed by atoms with E-state index in [0.29, 0.717) is 25.7 Å². The Kier molecular flexibility index (Phi) is 28.5. The lowest BCUT2D eigenvalue weighted by Gasteiger charge is -2.29. The Morgan fingerprint density at radius 2 is 0.964 bits per heavy atom. The molecule has 0 unspecified atom stereocenters. The smallest absolute Gasteiger partial charge is 0.326 e. The van der Waals surface area contributed by atoms with Gasteiger partial charge in [-0.05, 0) is 115 Å². The molecule has 1 aliphatic carbocycles. The van der Waals surface area contributed by atoms with Crippen molar-refractivity contribution in [2.45, 2.75) is 167 Å². The maximum Gasteiger partial charge on any atom is 0.326 e. The lowest BCUT2D eigenvalue weighted by atomic mass is 9.81. The molecule has 3 rings (SSSR count). The van der Waals surface area contributed by atoms with Crippen molar-refractivity contribution < 1.29 is 82.4 Å². The normalized spacial score (nSPS) is 16.9. The van der Waals surface area contributed by atoms with Gasteiger partial charge in [-0.25, -0.2) is 14.4 Å². The van der Waals surface area contributed by atoms with Crippen LogP contribution in [0.4, 0.5) is 4.79 Å². The van der Waals surface area contributed by atoms with Gasteiger partial charge in [0.15, 0.2) is 0 Å². The molecule has 0 spiro atoms. The molecule has 462 valence electrons. The molecule has 15 N–H and O–H groups in total. The quantitative estimate of drug-likeness (QED) is 0.0355. The Hall–Kier alpha value is -8.92. The number of urea groups is 1. The summed E-state index contributed by atoms with van der Waals surface area (Å²) in [6, 6.07) is 1.66. The highest BCUT2D eigenvalue weighted by Crippen LogP contribution is 2.29. The van der Waals surface area contributed by atoms with Crippen molar-refractivity contribution in [3.8, 4) is 0 Å². The summed E-state index contributed by atoms with van der Waals surface area (Å²) in [6.45, 7) is 9.36. The van der Waals surface area contributed by atoms with E-state index in [9.17, 15) is 77.3 Å². The average molecular weight is 1180 g/mol. The fourth-order valence-corrected chi connectivity index (χ4v) is 8.71. The Balaban J connectivity index is 1.42. The number of fused-ring (bicyclic) bond motifs is 1. The Labute approximate surface area is 485 Å². The first-order chi connectivity index (χ1) is 39.5. The van der Waals surface area contributed by atoms with Crippen LogP contribution in [0.1, 0.15) is 112 Å². The molecule has 29 heteroatoms. The molecule has 29 nitrogen and oxygen atoms in total. The summed E-state index contributed by atoms with van der Waals surface area (Å²) in [7, 11) is 0. The van der Waals surface area contributed by atoms with Gasteiger partial charge in [-0.2, -0.15) is 0 Å². The summed E-state index contributed by atoms with van der Waals surface area (Å²) in [5.74, 6) is -10.7. The minimum Gasteiger partial charge on any atom is -0.481 e. The van der Waals surface area contributed by atoms with Crippen LogP contribution in [0.3, 0.4) is 0 Å². The molecule has 12 amide bonds. The SMILES string of the molecule is CC(=O)N[C@H](C)C(=O)N[C@H](C)C(=O)N[C@H](C)C(=O)N[C@H](C)C(=O)N[C@H](C)C(=O)N[C@H](C)C(=O)NCC(=O)NCC1CCC(C(=O)N[C@@H](Cc2ccc3ccccc3c2)C(=O)NCCCC[C@H](NC(=O)N[C@@H](CCC(=O)O)C(=O)O)C(=O)O)CC1. The van der Waals surface area contributed by atoms with Crippen molar-refractivity contribution >= 4 is 93.8 Å². The van der Waals surface area contributed by atoms with Gasteiger partial charge in [0.2, 0.25) is 59.1 Å². The summed E-state index contributed by atoms with van der Waals surface area (Å²) in [5.41, 5.74) is 0.783. The highest BCUT2D eigenvalue weighted by Gasteiger charge is 2.32. The van der Waals surface area contributed by atoms with E-state index in [-0.39, 0.29) is 50.6 Å². The van der Waals surface area contributed by atoms with Gasteiger partial charge in [-0.3, -0.25) is 52.7 Å². The number of unbranched alkanes of at least 4 members (excludes halogenated alkanes) is 1. The van der Waals surface area contributed by atoms with Crippen LogP contribution in [-0.2, 0) is 68.7 Å². The molecule has 1 saturated carbocycles. The molecule has 0 bridgehead atoms. The number of carboxylic acids is 3. The van der Waals surface area contributed by atoms with E-state index in [1.54, 1.807) is 0 Å². The van der Waals surface area contributed by atoms with Crippen molar-refractivity contribution in [3.63, 3.8) is 0 Å². The fourth-order valence-electron chi connectivity index (χ4n) is 8.71. The van der Waals surface area contributed by atoms with E-state index < -0.39 is 157 Å². The zero-order valence-electron chi connectivity index (χ0n) is 48.1. The predicted molar refractivity (Wildman–Crippen MR) is 301 cm³/mol. The summed E-state index contributed by atoms with van der Waals surface area (Å²) in [5, 5.41) is 59.5. The Morgan fingerprint density at radius 3 is 1.45 bits per heavy atom. The Morgan fingerprint density at radius 1 is 0.488 bits per heavy atom. The zero-order chi connectivity index (χ0) is 62.8. The minimum atomic E-state index is -1.56. The fraction of sp³-hybridized carbons (Fsp3) is 0.564. The monoisotopic (exact) mass is 1180 g/mol. The third-order valence-corrected chi connectivity index (χ3v) is 13.8. The van der Waals surface area contributed by atoms with Gasteiger partial charge in [0, 0.05) is 38.8 Å². The van der Waals surface area contributed by atoms with Gasteiger partial charge in [0.25, 0.3) is 0 Å². The first-order valence-corrected chi connectivity index (χ1v) is 27.7. The number of aliphatic carboxylic acids is 3. The second-order valence-electron chi connectivity index (χ2n) is 20.9. The number of rotatable bonds is 33. The zero-order valence-corrected chi connectivity index (χ0v) is 48.1. The number of hydrogen-bond donors (Lipinski definition) is 15. The molecule has 9 atom stereocenters. The van der Waals surface area contributed by atoms with Gasteiger partial charge in [0.1, 0.15) is 54.4 Å². The molecule has 0 radical (unpaired) electrons. The van der Waals surface area contributed by atoms with Crippen LogP contribution in [0.5, 0.6) is 0 Å². The third-order valence-electron chi connectivity index (χ3n) is 13.8. The van der Waals surface area contributed by atoms with Crippen molar-refractivity contribution in [2.75, 3.05) is 19.6 Å². The molecule has 2 aromatic rings. The van der Waals surface area contributed by atoms with Crippen LogP contribution in [0.15, 0.2) is 42.5 Å². The summed E-state index contributed by atoms with van der Waals surface area (Å²) in [6.07, 6.45) is 1.63. The van der Waals surface area contributed by atoms with Crippen LogP contribution in [0, 0.1) is 11.8 Å². The first-order valence-electron chi connectivity index (χ1n) is 27.7. The average Bonchev–Trinajstić information content (AvgIpc) is 3.59. The van der Waals surface area contributed by atoms with E-state index in [2.05, 4.69) is 63.8 Å². The summed E-state index contributed by atoms with van der Waals surface area (Å²) < 4.78 is 0. The van der Waals surface area contributed by atoms with Crippen LogP contribution in [0.25, 0.3) is 10.8 Å². The third kappa shape index (κ3) is 24.7. The second-order valence-corrected chi connectivity index (χ2v) is 20.9. The number of benzene rings is 2. The topological polar surface area (TPSA) is 444 Å². The molecule has 0 aromatic heterocycles. The molecule has 1 fully saturated rings. The van der Waals surface area contributed by atoms with Gasteiger partial charge in [0.05, 0.1) is 6.54 Å². The molecular formula is C55H80N12O17. The van der Waals surface area contributed by atoms with E-state index >= 15 is 0 Å². The van der Waals surface area contributed by atoms with Crippen molar-refractivity contribution in [2.24, 2.45) is 11.8 Å². The second kappa shape index (κ2) is 34.5. The first kappa shape index (κ1) is 69.3. The number of hydrogen-bond acceptors (Lipinski definition) is 14. The van der Waals surface area contributed by atoms with Gasteiger partial charge in [-0.1, -0.05) is 42.5 Å². The lowest BCUT2D eigenvalue weighted by Crippen LogP contribution is -2.57. The maximum absolute atomic E-state index is 13.8. The largest absolute Gasteiger partial charge is 0.481 e. The van der Waals surface area contributed by atoms with Crippen molar-refractivity contribution in [1.29, 1.82) is 0 Å². The number of amides is 12. The summed E-state index contributed by atoms with van der Waals surface area (Å²) >= 11 is 0. The van der Waals surface area contributed by atoms with Crippen molar-refractivity contribution in [3.05, 3.63) is 48.0 Å². The van der Waals surface area contributed by atoms with Crippen LogP contribution < -0.4 is 63.8 Å². The standard InChI is InChI=1S/C55H80N12O17/c1-28(60-47(74)30(3)62-49(76)32(5)64-50(77)33(6)63-48(75)31(4)61-46(73)29(2)59-34(7)68)45(72)58-27-43(69)57-26-35-15-19-38(20-16-35)51(78)65-42(25-36-17-18-37-12-8-9-13-39(37)24-36)52(79)56-23-11-10-14-40(53(80)81)66-55(84)67-41(54(82)83)21-22-44(70)71/h8-9,12-13,17-18,24,28-33,35,38,40-42H,10-11,14-16,19-23,25-27H2,1-7H3,(H,56,79)(H,57,69)(H,58,72)(H,59,68)(H,60,74)(H,61,73)(H,62,76)(H,63,75)(H,64,77)(H,65,78)(H,70,71)(H,80,81)(H,82,83)(H2,66,67,84)/t28-,29-,30-,31-,32-,33-,35?,38?,40+,41+,42+/m1/s1. The van der Waals surface area contributed by atoms with Gasteiger partial charge < -0.3 is 79.1 Å². The van der Waals surface area contributed by atoms with Gasteiger partial charge in [-0.15, -0.1) is 0 Å². The molecule has 0 aliphatic heterocycles. The van der Waals surface area contributed by atoms with Crippen LogP contribution in [0.2, 0.25) is 0 Å². The van der Waals surface area contributed by atoms with Crippen molar-refractivity contribution in [1.82, 2.24) is 63.8 Å². The molecule has 84 heavy (non-hydrogen) atoms. The predicted octanol–water partition coefficient (Wildman–Crippen LogP) is -1.69. The number of carbonyl (C=O) groups is 14. The molecule has 2 aromatic carbocycles. The molecular weight excluding hydrogens is 1100 g/mol. The minimum absolute atomic E-state index is 0.00129. The van der Waals surface area contributed by atoms with E-state index in [1.807, 2.05) is 42.5 Å². The highest BCUT2D eigenvalue weighted by molar-refractivity contribution is 5.97. The molecule has 0 heterocycles. The molecule has 1 aliphatic rings. The number of carbonyl (C=O) groups excluding carboxylic acids is 11.